The van der Waals surface area contributed by atoms with Gasteiger partial charge >= 0.3 is 6.03 Å². The van der Waals surface area contributed by atoms with Crippen molar-refractivity contribution in [2.75, 3.05) is 34.3 Å². The maximum absolute atomic E-state index is 12.3. The molecule has 0 unspecified atom stereocenters. The van der Waals surface area contributed by atoms with E-state index in [2.05, 4.69) is 10.6 Å². The molecular weight excluding hydrogens is 378 g/mol. The van der Waals surface area contributed by atoms with Crippen molar-refractivity contribution < 1.29 is 17.9 Å². The van der Waals surface area contributed by atoms with E-state index in [1.165, 1.54) is 11.4 Å². The van der Waals surface area contributed by atoms with Gasteiger partial charge in [0.15, 0.2) is 0 Å². The van der Waals surface area contributed by atoms with Crippen LogP contribution in [0.4, 0.5) is 21.9 Å². The van der Waals surface area contributed by atoms with Crippen molar-refractivity contribution in [1.29, 1.82) is 0 Å². The zero-order valence-corrected chi connectivity index (χ0v) is 15.6. The van der Waals surface area contributed by atoms with Crippen molar-refractivity contribution in [3.05, 3.63) is 47.5 Å². The number of ether oxygens (including phenoxy) is 1. The number of rotatable bonds is 4. The third-order valence-electron chi connectivity index (χ3n) is 3.90. The highest BCUT2D eigenvalue weighted by molar-refractivity contribution is 7.93. The lowest BCUT2D eigenvalue weighted by Gasteiger charge is -2.19. The van der Waals surface area contributed by atoms with Crippen molar-refractivity contribution in [2.24, 2.45) is 0 Å². The second kappa shape index (κ2) is 7.43. The monoisotopic (exact) mass is 395 g/mol. The van der Waals surface area contributed by atoms with Gasteiger partial charge in [-0.2, -0.15) is 0 Å². The first-order valence-electron chi connectivity index (χ1n) is 7.91. The molecular formula is C17H18ClN3O4S. The Bertz CT molecular complexity index is 933. The first-order chi connectivity index (χ1) is 12.4. The number of hydrogen-bond acceptors (Lipinski definition) is 4. The molecule has 9 heteroatoms. The minimum Gasteiger partial charge on any atom is -0.495 e. The molecule has 7 nitrogen and oxygen atoms in total. The van der Waals surface area contributed by atoms with Crippen molar-refractivity contribution in [1.82, 2.24) is 0 Å². The summed E-state index contributed by atoms with van der Waals surface area (Å²) in [5.41, 5.74) is 1.39. The van der Waals surface area contributed by atoms with E-state index < -0.39 is 16.1 Å². The summed E-state index contributed by atoms with van der Waals surface area (Å²) in [5, 5.41) is 5.85. The molecule has 1 aliphatic heterocycles. The molecule has 3 rings (SSSR count). The molecule has 1 aliphatic rings. The lowest BCUT2D eigenvalue weighted by Crippen LogP contribution is -2.25. The standard InChI is InChI=1S/C17H18ClN3O4S/c1-25-16-7-6-14(21-8-3-9-26(21,23)24)11-15(16)20-17(22)19-13-5-2-4-12(18)10-13/h2,4-7,10-11H,3,8-9H2,1H3,(H2,19,20,22). The number of nitrogens with one attached hydrogen (secondary N) is 2. The SMILES string of the molecule is COc1ccc(N2CCCS2(=O)=O)cc1NC(=O)Nc1cccc(Cl)c1. The van der Waals surface area contributed by atoms with Gasteiger partial charge in [-0.05, 0) is 42.8 Å². The Morgan fingerprint density at radius 2 is 2.00 bits per heavy atom. The van der Waals surface area contributed by atoms with E-state index in [4.69, 9.17) is 16.3 Å². The van der Waals surface area contributed by atoms with Crippen LogP contribution in [0, 0.1) is 0 Å². The molecule has 26 heavy (non-hydrogen) atoms. The van der Waals surface area contributed by atoms with Gasteiger partial charge in [0.05, 0.1) is 24.2 Å². The molecule has 2 aromatic rings. The largest absolute Gasteiger partial charge is 0.495 e. The highest BCUT2D eigenvalue weighted by atomic mass is 35.5. The van der Waals surface area contributed by atoms with Gasteiger partial charge in [0, 0.05) is 17.3 Å². The number of nitrogens with zero attached hydrogens (tertiary/aromatic N) is 1. The van der Waals surface area contributed by atoms with E-state index in [-0.39, 0.29) is 5.75 Å². The van der Waals surface area contributed by atoms with E-state index in [0.717, 1.165) is 0 Å². The zero-order chi connectivity index (χ0) is 18.7. The van der Waals surface area contributed by atoms with Crippen molar-refractivity contribution in [3.8, 4) is 5.75 Å². The van der Waals surface area contributed by atoms with Crippen LogP contribution in [0.3, 0.4) is 0 Å². The lowest BCUT2D eigenvalue weighted by molar-refractivity contribution is 0.262. The maximum atomic E-state index is 12.3. The average Bonchev–Trinajstić information content (AvgIpc) is 2.94. The number of amides is 2. The summed E-state index contributed by atoms with van der Waals surface area (Å²) in [4.78, 5) is 12.3. The predicted molar refractivity (Wildman–Crippen MR) is 103 cm³/mol. The first kappa shape index (κ1) is 18.3. The van der Waals surface area contributed by atoms with Crippen LogP contribution in [-0.2, 0) is 10.0 Å². The van der Waals surface area contributed by atoms with Crippen LogP contribution in [-0.4, -0.2) is 33.9 Å². The summed E-state index contributed by atoms with van der Waals surface area (Å²) < 4.78 is 30.8. The Morgan fingerprint density at radius 1 is 1.19 bits per heavy atom. The van der Waals surface area contributed by atoms with Gasteiger partial charge < -0.3 is 15.4 Å². The van der Waals surface area contributed by atoms with Gasteiger partial charge in [0.2, 0.25) is 10.0 Å². The highest BCUT2D eigenvalue weighted by Gasteiger charge is 2.29. The second-order valence-corrected chi connectivity index (χ2v) is 8.17. The third kappa shape index (κ3) is 4.03. The fourth-order valence-corrected chi connectivity index (χ4v) is 4.48. The van der Waals surface area contributed by atoms with Gasteiger partial charge in [0.25, 0.3) is 0 Å². The molecule has 0 radical (unpaired) electrons. The van der Waals surface area contributed by atoms with Crippen LogP contribution in [0.5, 0.6) is 5.75 Å². The molecule has 0 aliphatic carbocycles. The van der Waals surface area contributed by atoms with E-state index in [9.17, 15) is 13.2 Å². The molecule has 2 amide bonds. The summed E-state index contributed by atoms with van der Waals surface area (Å²) in [5.74, 6) is 0.545. The molecule has 0 spiro atoms. The number of methoxy groups -OCH3 is 1. The topological polar surface area (TPSA) is 87.7 Å². The predicted octanol–water partition coefficient (Wildman–Crippen LogP) is 3.53. The fourth-order valence-electron chi connectivity index (χ4n) is 2.73. The quantitative estimate of drug-likeness (QED) is 0.828. The summed E-state index contributed by atoms with van der Waals surface area (Å²) >= 11 is 5.90. The minimum absolute atomic E-state index is 0.122. The molecule has 0 bridgehead atoms. The fraction of sp³-hybridized carbons (Fsp3) is 0.235. The molecule has 138 valence electrons. The Balaban J connectivity index is 1.82. The normalized spacial score (nSPS) is 15.5. The average molecular weight is 396 g/mol. The molecule has 1 saturated heterocycles. The lowest BCUT2D eigenvalue weighted by atomic mass is 10.2. The molecule has 2 N–H and O–H groups in total. The number of halogens is 1. The van der Waals surface area contributed by atoms with Crippen LogP contribution >= 0.6 is 11.6 Å². The van der Waals surface area contributed by atoms with Crippen molar-refractivity contribution in [2.45, 2.75) is 6.42 Å². The number of hydrogen-bond donors (Lipinski definition) is 2. The van der Waals surface area contributed by atoms with Gasteiger partial charge in [-0.1, -0.05) is 17.7 Å². The van der Waals surface area contributed by atoms with Crippen LogP contribution in [0.2, 0.25) is 5.02 Å². The first-order valence-corrected chi connectivity index (χ1v) is 9.90. The number of benzene rings is 2. The van der Waals surface area contributed by atoms with Crippen LogP contribution in [0.25, 0.3) is 0 Å². The molecule has 0 aromatic heterocycles. The van der Waals surface area contributed by atoms with Crippen molar-refractivity contribution >= 4 is 44.7 Å². The summed E-state index contributed by atoms with van der Waals surface area (Å²) in [7, 11) is -1.83. The second-order valence-electron chi connectivity index (χ2n) is 5.72. The number of carbonyl (C=O) groups excluding carboxylic acids is 1. The molecule has 1 heterocycles. The maximum Gasteiger partial charge on any atom is 0.323 e. The van der Waals surface area contributed by atoms with E-state index in [1.807, 2.05) is 0 Å². The van der Waals surface area contributed by atoms with Gasteiger partial charge in [0.1, 0.15) is 5.75 Å². The van der Waals surface area contributed by atoms with Gasteiger partial charge in [-0.25, -0.2) is 13.2 Å². The van der Waals surface area contributed by atoms with Crippen molar-refractivity contribution in [3.63, 3.8) is 0 Å². The van der Waals surface area contributed by atoms with Crippen LogP contribution < -0.4 is 19.7 Å². The van der Waals surface area contributed by atoms with Crippen LogP contribution in [0.15, 0.2) is 42.5 Å². The Kier molecular flexibility index (Phi) is 5.24. The number of anilines is 3. The van der Waals surface area contributed by atoms with E-state index in [1.54, 1.807) is 42.5 Å². The van der Waals surface area contributed by atoms with Crippen LogP contribution in [0.1, 0.15) is 6.42 Å². The Morgan fingerprint density at radius 3 is 2.65 bits per heavy atom. The summed E-state index contributed by atoms with van der Waals surface area (Å²) in [6.07, 6.45) is 0.576. The number of sulfonamides is 1. The van der Waals surface area contributed by atoms with E-state index >= 15 is 0 Å². The third-order valence-corrected chi connectivity index (χ3v) is 6.01. The van der Waals surface area contributed by atoms with E-state index in [0.29, 0.717) is 40.8 Å². The molecule has 2 aromatic carbocycles. The highest BCUT2D eigenvalue weighted by Crippen LogP contribution is 2.32. The minimum atomic E-state index is -3.31. The summed E-state index contributed by atoms with van der Waals surface area (Å²) in [6, 6.07) is 11.1. The number of urea groups is 1. The molecule has 0 atom stereocenters. The van der Waals surface area contributed by atoms with Gasteiger partial charge in [-0.3, -0.25) is 4.31 Å². The number of carbonyl (C=O) groups is 1. The Hall–Kier alpha value is -2.45. The van der Waals surface area contributed by atoms with Gasteiger partial charge in [-0.15, -0.1) is 0 Å². The summed E-state index contributed by atoms with van der Waals surface area (Å²) in [6.45, 7) is 0.419. The molecule has 1 fully saturated rings. The Labute approximate surface area is 157 Å². The zero-order valence-electron chi connectivity index (χ0n) is 14.0. The molecule has 0 saturated carbocycles. The smallest absolute Gasteiger partial charge is 0.323 e.